The molecule has 7 nitrogen and oxygen atoms in total. The van der Waals surface area contributed by atoms with E-state index in [1.165, 1.54) is 6.20 Å². The van der Waals surface area contributed by atoms with Crippen molar-refractivity contribution in [3.8, 4) is 11.5 Å². The molecule has 0 unspecified atom stereocenters. The molecule has 0 atom stereocenters. The summed E-state index contributed by atoms with van der Waals surface area (Å²) in [5.41, 5.74) is 0.451. The van der Waals surface area contributed by atoms with Crippen LogP contribution in [0, 0.1) is 0 Å². The molecule has 1 heterocycles. The van der Waals surface area contributed by atoms with Gasteiger partial charge in [0.25, 0.3) is 5.91 Å². The van der Waals surface area contributed by atoms with Crippen molar-refractivity contribution in [1.29, 1.82) is 0 Å². The minimum Gasteiger partial charge on any atom is -0.497 e. The number of halogens is 1. The van der Waals surface area contributed by atoms with Gasteiger partial charge in [-0.1, -0.05) is 0 Å². The lowest BCUT2D eigenvalue weighted by Crippen LogP contribution is -2.28. The van der Waals surface area contributed by atoms with E-state index in [9.17, 15) is 9.59 Å². The molecule has 0 saturated carbocycles. The number of nitrogens with zero attached hydrogens (tertiary/aromatic N) is 1. The molecule has 8 heteroatoms. The Morgan fingerprint density at radius 3 is 2.48 bits per heavy atom. The molecule has 0 spiro atoms. The van der Waals surface area contributed by atoms with Gasteiger partial charge in [-0.3, -0.25) is 9.78 Å². The fraction of sp³-hybridized carbons (Fsp3) is 0.235. The first-order valence-corrected chi connectivity index (χ1v) is 7.30. The summed E-state index contributed by atoms with van der Waals surface area (Å²) in [6, 6.07) is 10.2. The number of ether oxygens (including phenoxy) is 3. The number of hydrogen-bond acceptors (Lipinski definition) is 6. The number of nitrogens with one attached hydrogen (secondary N) is 1. The quantitative estimate of drug-likeness (QED) is 0.567. The third-order valence-corrected chi connectivity index (χ3v) is 2.99. The Labute approximate surface area is 151 Å². The third kappa shape index (κ3) is 7.09. The second kappa shape index (κ2) is 10.9. The predicted molar refractivity (Wildman–Crippen MR) is 93.3 cm³/mol. The van der Waals surface area contributed by atoms with E-state index in [1.54, 1.807) is 49.7 Å². The molecule has 1 amide bonds. The van der Waals surface area contributed by atoms with Gasteiger partial charge in [-0.05, 0) is 36.4 Å². The van der Waals surface area contributed by atoms with Crippen LogP contribution >= 0.6 is 12.4 Å². The van der Waals surface area contributed by atoms with Crippen molar-refractivity contribution < 1.29 is 23.8 Å². The number of hydrogen-bond donors (Lipinski definition) is 1. The number of benzene rings is 1. The van der Waals surface area contributed by atoms with Crippen LogP contribution in [0.1, 0.15) is 10.4 Å². The van der Waals surface area contributed by atoms with E-state index in [2.05, 4.69) is 10.3 Å². The molecule has 0 aliphatic heterocycles. The molecule has 0 aliphatic rings. The average Bonchev–Trinajstić information content (AvgIpc) is 2.64. The maximum Gasteiger partial charge on any atom is 0.344 e. The van der Waals surface area contributed by atoms with Crippen molar-refractivity contribution in [3.05, 3.63) is 54.4 Å². The van der Waals surface area contributed by atoms with Gasteiger partial charge in [0.15, 0.2) is 6.61 Å². The first-order chi connectivity index (χ1) is 11.7. The number of amides is 1. The molecule has 0 bridgehead atoms. The number of methoxy groups -OCH3 is 1. The molecule has 0 saturated heterocycles. The standard InChI is InChI=1S/C17H18N2O5.ClH/c1-22-14-4-6-15(7-5-14)24-12-16(20)23-10-9-19-17(21)13-3-2-8-18-11-13;/h2-8,11H,9-10,12H2,1H3,(H,19,21);1H. The van der Waals surface area contributed by atoms with Crippen LogP contribution in [0.3, 0.4) is 0 Å². The molecule has 1 aromatic carbocycles. The van der Waals surface area contributed by atoms with Gasteiger partial charge >= 0.3 is 5.97 Å². The number of aromatic nitrogens is 1. The SMILES string of the molecule is COc1ccc(OCC(=O)OCCNC(=O)c2cccnc2)cc1.Cl. The summed E-state index contributed by atoms with van der Waals surface area (Å²) in [6.45, 7) is 0.0711. The number of pyridine rings is 1. The first kappa shape index (κ1) is 20.2. The highest BCUT2D eigenvalue weighted by molar-refractivity contribution is 5.93. The summed E-state index contributed by atoms with van der Waals surface area (Å²) in [5, 5.41) is 2.63. The maximum absolute atomic E-state index is 11.7. The summed E-state index contributed by atoms with van der Waals surface area (Å²) >= 11 is 0. The van der Waals surface area contributed by atoms with Gasteiger partial charge in [0, 0.05) is 12.4 Å². The lowest BCUT2D eigenvalue weighted by molar-refractivity contribution is -0.145. The third-order valence-electron chi connectivity index (χ3n) is 2.99. The fourth-order valence-corrected chi connectivity index (χ4v) is 1.78. The Balaban J connectivity index is 0.00000312. The lowest BCUT2D eigenvalue weighted by Gasteiger charge is -2.08. The molecule has 2 rings (SSSR count). The van der Waals surface area contributed by atoms with Crippen molar-refractivity contribution >= 4 is 24.3 Å². The molecule has 0 aliphatic carbocycles. The van der Waals surface area contributed by atoms with Gasteiger partial charge in [-0.25, -0.2) is 4.79 Å². The zero-order valence-electron chi connectivity index (χ0n) is 13.6. The second-order valence-electron chi connectivity index (χ2n) is 4.68. The number of carbonyl (C=O) groups excluding carboxylic acids is 2. The minimum atomic E-state index is -0.513. The molecule has 0 fully saturated rings. The van der Waals surface area contributed by atoms with E-state index in [1.807, 2.05) is 0 Å². The highest BCUT2D eigenvalue weighted by Gasteiger charge is 2.07. The molecular formula is C17H19ClN2O5. The van der Waals surface area contributed by atoms with Crippen LogP contribution in [-0.2, 0) is 9.53 Å². The lowest BCUT2D eigenvalue weighted by atomic mass is 10.3. The molecule has 134 valence electrons. The van der Waals surface area contributed by atoms with Crippen molar-refractivity contribution in [1.82, 2.24) is 10.3 Å². The zero-order chi connectivity index (χ0) is 17.2. The monoisotopic (exact) mass is 366 g/mol. The molecule has 25 heavy (non-hydrogen) atoms. The van der Waals surface area contributed by atoms with Crippen LogP contribution in [0.5, 0.6) is 11.5 Å². The Morgan fingerprint density at radius 1 is 1.12 bits per heavy atom. The largest absolute Gasteiger partial charge is 0.497 e. The normalized spacial score (nSPS) is 9.48. The smallest absolute Gasteiger partial charge is 0.344 e. The van der Waals surface area contributed by atoms with Crippen LogP contribution in [0.25, 0.3) is 0 Å². The Hall–Kier alpha value is -2.80. The first-order valence-electron chi connectivity index (χ1n) is 7.30. The minimum absolute atomic E-state index is 0. The van der Waals surface area contributed by atoms with E-state index in [0.717, 1.165) is 0 Å². The van der Waals surface area contributed by atoms with Crippen molar-refractivity contribution in [2.75, 3.05) is 26.9 Å². The fourth-order valence-electron chi connectivity index (χ4n) is 1.78. The summed E-state index contributed by atoms with van der Waals surface area (Å²) in [5.74, 6) is 0.460. The van der Waals surface area contributed by atoms with E-state index in [0.29, 0.717) is 17.1 Å². The average molecular weight is 367 g/mol. The number of rotatable bonds is 8. The Bertz CT molecular complexity index is 664. The van der Waals surface area contributed by atoms with E-state index < -0.39 is 5.97 Å². The highest BCUT2D eigenvalue weighted by Crippen LogP contribution is 2.16. The van der Waals surface area contributed by atoms with E-state index in [4.69, 9.17) is 14.2 Å². The predicted octanol–water partition coefficient (Wildman–Crippen LogP) is 1.86. The maximum atomic E-state index is 11.7. The topological polar surface area (TPSA) is 86.8 Å². The van der Waals surface area contributed by atoms with Gasteiger partial charge in [0.05, 0.1) is 19.2 Å². The molecule has 1 aromatic heterocycles. The van der Waals surface area contributed by atoms with Crippen LogP contribution in [0.2, 0.25) is 0 Å². The van der Waals surface area contributed by atoms with Gasteiger partial charge in [0.2, 0.25) is 0 Å². The van der Waals surface area contributed by atoms with Gasteiger partial charge in [-0.2, -0.15) is 0 Å². The Kier molecular flexibility index (Phi) is 8.81. The summed E-state index contributed by atoms with van der Waals surface area (Å²) < 4.78 is 15.3. The van der Waals surface area contributed by atoms with Crippen LogP contribution in [-0.4, -0.2) is 43.7 Å². The van der Waals surface area contributed by atoms with Crippen molar-refractivity contribution in [3.63, 3.8) is 0 Å². The van der Waals surface area contributed by atoms with E-state index in [-0.39, 0.29) is 38.1 Å². The molecular weight excluding hydrogens is 348 g/mol. The van der Waals surface area contributed by atoms with Crippen molar-refractivity contribution in [2.24, 2.45) is 0 Å². The van der Waals surface area contributed by atoms with Crippen molar-refractivity contribution in [2.45, 2.75) is 0 Å². The zero-order valence-corrected chi connectivity index (χ0v) is 14.5. The summed E-state index contributed by atoms with van der Waals surface area (Å²) in [6.07, 6.45) is 3.05. The van der Waals surface area contributed by atoms with Crippen LogP contribution in [0.15, 0.2) is 48.8 Å². The van der Waals surface area contributed by atoms with Gasteiger partial charge < -0.3 is 19.5 Å². The van der Waals surface area contributed by atoms with Crippen LogP contribution < -0.4 is 14.8 Å². The second-order valence-corrected chi connectivity index (χ2v) is 4.68. The molecule has 2 aromatic rings. The highest BCUT2D eigenvalue weighted by atomic mass is 35.5. The number of esters is 1. The summed E-state index contributed by atoms with van der Waals surface area (Å²) in [4.78, 5) is 27.1. The van der Waals surface area contributed by atoms with Gasteiger partial charge in [-0.15, -0.1) is 12.4 Å². The van der Waals surface area contributed by atoms with Gasteiger partial charge in [0.1, 0.15) is 18.1 Å². The number of carbonyl (C=O) groups is 2. The summed E-state index contributed by atoms with van der Waals surface area (Å²) in [7, 11) is 1.57. The van der Waals surface area contributed by atoms with E-state index >= 15 is 0 Å². The molecule has 1 N–H and O–H groups in total. The van der Waals surface area contributed by atoms with Crippen LogP contribution in [0.4, 0.5) is 0 Å². The molecule has 0 radical (unpaired) electrons. The Morgan fingerprint density at radius 2 is 1.84 bits per heavy atom.